The number of alkyl halides is 1. The molecule has 0 spiro atoms. The maximum absolute atomic E-state index is 13.2. The van der Waals surface area contributed by atoms with Crippen molar-refractivity contribution >= 4 is 102 Å². The summed E-state index contributed by atoms with van der Waals surface area (Å²) in [7, 11) is 7.36. The van der Waals surface area contributed by atoms with Crippen molar-refractivity contribution in [1.29, 1.82) is 15.8 Å². The Kier molecular flexibility index (Phi) is 79.7. The molecule has 0 bridgehead atoms. The van der Waals surface area contributed by atoms with Crippen LogP contribution in [0.3, 0.4) is 0 Å². The second-order valence-corrected chi connectivity index (χ2v) is 31.6. The number of carboxylic acids is 1. The number of benzene rings is 5. The Labute approximate surface area is 794 Å². The van der Waals surface area contributed by atoms with Crippen LogP contribution >= 0.6 is 45.4 Å². The number of aromatic nitrogens is 3. The number of nitriles is 3. The number of likely N-dealkylation sites (tertiary alicyclic amines) is 2. The van der Waals surface area contributed by atoms with E-state index in [4.69, 9.17) is 40.4 Å². The molecule has 125 heavy (non-hydrogen) atoms. The smallest absolute Gasteiger partial charge is 1.00 e. The Balaban J connectivity index is -0.000000176. The van der Waals surface area contributed by atoms with Crippen molar-refractivity contribution < 1.29 is 86.7 Å². The molecule has 0 radical (unpaired) electrons. The number of aliphatic hydroxyl groups excluding tert-OH is 1. The van der Waals surface area contributed by atoms with Crippen molar-refractivity contribution in [3.05, 3.63) is 228 Å². The molecule has 4 fully saturated rings. The van der Waals surface area contributed by atoms with Gasteiger partial charge in [0.05, 0.1) is 51.8 Å². The summed E-state index contributed by atoms with van der Waals surface area (Å²) in [6.45, 7) is 30.2. The van der Waals surface area contributed by atoms with E-state index in [0.717, 1.165) is 93.5 Å². The number of pyridine rings is 1. The number of nitrogens with zero attached hydrogens (tertiary/aromatic N) is 8. The molecule has 2 amide bonds. The molecule has 4 unspecified atom stereocenters. The van der Waals surface area contributed by atoms with Gasteiger partial charge in [-0.15, -0.1) is 24.0 Å². The predicted molar refractivity (Wildman–Crippen MR) is 502 cm³/mol. The van der Waals surface area contributed by atoms with Gasteiger partial charge < -0.3 is 63.4 Å². The van der Waals surface area contributed by atoms with Gasteiger partial charge in [0.2, 0.25) is 9.23 Å². The van der Waals surface area contributed by atoms with Crippen LogP contribution in [0.2, 0.25) is 0 Å². The van der Waals surface area contributed by atoms with E-state index in [9.17, 15) is 56.8 Å². The van der Waals surface area contributed by atoms with Gasteiger partial charge in [0.25, 0.3) is 0 Å². The normalized spacial score (nSPS) is 14.2. The van der Waals surface area contributed by atoms with Crippen LogP contribution in [-0.4, -0.2) is 150 Å². The summed E-state index contributed by atoms with van der Waals surface area (Å²) in [4.78, 5) is 59.8. The number of hydrogen-bond donors (Lipinski definition) is 3. The van der Waals surface area contributed by atoms with Gasteiger partial charge in [-0.3, -0.25) is 9.78 Å². The molecule has 19 nitrogen and oxygen atoms in total. The fourth-order valence-corrected chi connectivity index (χ4v) is 12.4. The van der Waals surface area contributed by atoms with Crippen LogP contribution in [0, 0.1) is 86.8 Å². The summed E-state index contributed by atoms with van der Waals surface area (Å²) < 4.78 is 87.8. The van der Waals surface area contributed by atoms with Gasteiger partial charge in [0.15, 0.2) is 0 Å². The Hall–Kier alpha value is -7.43. The van der Waals surface area contributed by atoms with E-state index in [2.05, 4.69) is 73.7 Å². The van der Waals surface area contributed by atoms with Gasteiger partial charge in [0.1, 0.15) is 58.6 Å². The number of carboxylic acid groups (broad SMARTS) is 1. The number of aromatic carboxylic acids is 1. The Morgan fingerprint density at radius 1 is 0.600 bits per heavy atom. The molecule has 0 saturated carbocycles. The molecular formula is C94H139BrCl4F5MgN9O10S. The van der Waals surface area contributed by atoms with Crippen LogP contribution in [0.5, 0.6) is 0 Å². The molecule has 7 aromatic rings. The zero-order valence-electron chi connectivity index (χ0n) is 69.0. The fourth-order valence-electron chi connectivity index (χ4n) is 12.3. The third-order valence-corrected chi connectivity index (χ3v) is 18.8. The summed E-state index contributed by atoms with van der Waals surface area (Å²) in [6.07, 6.45) is 14.3. The molecule has 2 aromatic heterocycles. The van der Waals surface area contributed by atoms with E-state index >= 15 is 0 Å². The number of aliphatic hydroxyl groups is 1. The molecular weight excluding hydrogens is 1790 g/mol. The maximum Gasteiger partial charge on any atom is 2.00 e. The van der Waals surface area contributed by atoms with Crippen molar-refractivity contribution in [2.75, 3.05) is 52.5 Å². The number of carbonyl (C=O) groups is 4. The molecule has 11 rings (SSSR count). The summed E-state index contributed by atoms with van der Waals surface area (Å²) in [5, 5.41) is 49.8. The van der Waals surface area contributed by atoms with Crippen molar-refractivity contribution in [3.63, 3.8) is 0 Å². The average Bonchev–Trinajstić information content (AvgIpc) is 0.798. The molecule has 31 heteroatoms. The number of piperidine rings is 3. The Morgan fingerprint density at radius 3 is 1.28 bits per heavy atom. The molecule has 6 heterocycles. The summed E-state index contributed by atoms with van der Waals surface area (Å²) >= 11 is 5.92. The minimum Gasteiger partial charge on any atom is -1.00 e. The number of ether oxygens (including phenoxy) is 3. The SMILES string of the molecule is C.C.C.C.C.C.C.C1CCOC1.CC(C)(C)OC(=O)N1CCC(C#N)CC1.CCC(Cl)c1ccc(F)cc1.CCC(O)c1ccc(F)cc1.CCC(c1ccc(F)cc1)C1(C#N)CCN(C(=O)OC(C)(C)C)CC1.CCC(c1ccc(F)cc1)C1(C#N)CCNCC1.Cl.O=C(O)c1cccnc1-c1ccncn1.O=Cc1ccc(F)cc1.O=S(Cl)Cl.[Br-].[CH2-]C.[Mg+2]. The van der Waals surface area contributed by atoms with Crippen LogP contribution < -0.4 is 22.3 Å². The fraction of sp³-hybridized carbons (Fsp3) is 0.500. The van der Waals surface area contributed by atoms with E-state index in [1.807, 2.05) is 74.4 Å². The zero-order valence-corrected chi connectivity index (χ0v) is 75.9. The predicted octanol–water partition coefficient (Wildman–Crippen LogP) is 23.1. The van der Waals surface area contributed by atoms with E-state index in [0.29, 0.717) is 68.7 Å². The first-order valence-corrected chi connectivity index (χ1v) is 41.3. The zero-order chi connectivity index (χ0) is 86.2. The number of carbonyl (C=O) groups excluding carboxylic acids is 3. The molecule has 3 N–H and O–H groups in total. The molecule has 4 aliphatic heterocycles. The topological polar surface area (TPSA) is 282 Å². The molecule has 0 aliphatic carbocycles. The van der Waals surface area contributed by atoms with Gasteiger partial charge in [-0.2, -0.15) is 22.7 Å². The summed E-state index contributed by atoms with van der Waals surface area (Å²) in [5.74, 6) is -1.98. The van der Waals surface area contributed by atoms with Crippen LogP contribution in [-0.2, 0) is 23.4 Å². The second kappa shape index (κ2) is 73.5. The van der Waals surface area contributed by atoms with Crippen LogP contribution in [0.1, 0.15) is 271 Å². The number of hydrogen-bond acceptors (Lipinski definition) is 16. The maximum atomic E-state index is 13.2. The van der Waals surface area contributed by atoms with Gasteiger partial charge in [-0.1, -0.05) is 128 Å². The number of aldehydes is 1. The number of halogens is 10. The molecule has 4 aliphatic rings. The van der Waals surface area contributed by atoms with Crippen molar-refractivity contribution in [1.82, 2.24) is 30.1 Å². The minimum absolute atomic E-state index is 0. The van der Waals surface area contributed by atoms with E-state index in [1.54, 1.807) is 71.5 Å². The van der Waals surface area contributed by atoms with Crippen LogP contribution in [0.15, 0.2) is 158 Å². The molecule has 4 saturated heterocycles. The standard InChI is InChI=1S/C20H27FN2O2.C15H19FN2.C11H18N2O2.C10H7N3O2.C9H10ClF.C9H11FO.C7H5FO.C4H8O.C2H5.7CH4.BrH.Cl2OS.ClH.Mg/c1-5-17(15-6-8-16(21)9-7-15)20(14-22)10-12-23(13-11-20)18(24)25-19(2,3)4;1-2-14(12-3-5-13(16)6-4-12)15(11-17)7-9-18-10-8-15;1-11(2,3)15-10(14)13-6-4-9(8-12)5-7-13;14-10(15)7-2-1-4-12-9(7)8-3-5-11-6-13-8;1-2-9(10)7-3-5-8(11)6-4-7;1-2-9(11)7-3-5-8(10)6-4-7;8-7-3-1-6(5-9)2-4-7;1-2-4-5-3-1;1-2;;;;;;;;;1-4(2)3;;/h6-9,17H,5,10-13H2,1-4H3;3-6,14,18H,2,7-10H2,1H3;9H,4-7H2,1-3H3;1-6H,(H,14,15);3-6,9H,2H2,1H3;3-6,9,11H,2H2,1H3;1-5H;1-4H2;1H2,2H3;7*1H4;1H;;1H;/q;;;;;;;;-1;;;;;;;;;;;+2/p-1. The second-order valence-electron chi connectivity index (χ2n) is 28.5. The first-order valence-electron chi connectivity index (χ1n) is 38.1. The average molecular weight is 1930 g/mol. The van der Waals surface area contributed by atoms with Crippen LogP contribution in [0.25, 0.3) is 11.4 Å². The molecule has 4 atom stereocenters. The minimum atomic E-state index is -1.67. The van der Waals surface area contributed by atoms with Gasteiger partial charge in [0, 0.05) is 96.5 Å². The van der Waals surface area contributed by atoms with E-state index in [-0.39, 0.29) is 180 Å². The first kappa shape index (κ1) is 136. The third-order valence-electron chi connectivity index (χ3n) is 18.2. The van der Waals surface area contributed by atoms with Gasteiger partial charge in [-0.25, -0.2) is 50.5 Å². The number of rotatable bonds is 13. The number of amides is 2. The Morgan fingerprint density at radius 2 is 0.968 bits per heavy atom. The summed E-state index contributed by atoms with van der Waals surface area (Å²) in [5.41, 5.74) is 3.51. The van der Waals surface area contributed by atoms with E-state index in [1.165, 1.54) is 104 Å². The number of nitrogens with one attached hydrogen (secondary N) is 1. The molecule has 5 aromatic carbocycles. The van der Waals surface area contributed by atoms with Crippen molar-refractivity contribution in [2.24, 2.45) is 16.7 Å². The quantitative estimate of drug-likeness (QED) is 0.0241. The van der Waals surface area contributed by atoms with Gasteiger partial charge >= 0.3 is 41.2 Å². The van der Waals surface area contributed by atoms with E-state index < -0.39 is 37.9 Å². The van der Waals surface area contributed by atoms with Gasteiger partial charge in [-0.05, 0) is 245 Å². The molecule has 698 valence electrons. The van der Waals surface area contributed by atoms with Crippen molar-refractivity contribution in [3.8, 4) is 29.6 Å². The van der Waals surface area contributed by atoms with Crippen molar-refractivity contribution in [2.45, 2.75) is 240 Å². The van der Waals surface area contributed by atoms with Crippen LogP contribution in [0.4, 0.5) is 31.5 Å². The largest absolute Gasteiger partial charge is 2.00 e. The third kappa shape index (κ3) is 52.6. The summed E-state index contributed by atoms with van der Waals surface area (Å²) in [6, 6.07) is 42.6. The first-order chi connectivity index (χ1) is 54.7. The monoisotopic (exact) mass is 1920 g/mol. The Bertz CT molecular complexity index is 4040.